The standard InChI is InChI=1S/C12H15N5S/c1-8-5-9(11(13)14)3-4-10(8)6-18-12-15-7-16-17(12)2/h3-5,7H,6H2,1-2H3,(H3,13,14). The summed E-state index contributed by atoms with van der Waals surface area (Å²) in [7, 11) is 1.88. The number of hydrogen-bond acceptors (Lipinski definition) is 4. The minimum atomic E-state index is 0.102. The highest BCUT2D eigenvalue weighted by Crippen LogP contribution is 2.22. The Morgan fingerprint density at radius 1 is 1.50 bits per heavy atom. The van der Waals surface area contributed by atoms with Crippen LogP contribution in [0, 0.1) is 12.3 Å². The van der Waals surface area contributed by atoms with Crippen LogP contribution in [0.15, 0.2) is 29.7 Å². The lowest BCUT2D eigenvalue weighted by Gasteiger charge is -2.07. The number of nitrogens with zero attached hydrogens (tertiary/aromatic N) is 3. The summed E-state index contributed by atoms with van der Waals surface area (Å²) in [5.74, 6) is 0.932. The van der Waals surface area contributed by atoms with Crippen LogP contribution < -0.4 is 5.73 Å². The number of thioether (sulfide) groups is 1. The van der Waals surface area contributed by atoms with Gasteiger partial charge in [-0.3, -0.25) is 5.41 Å². The number of nitrogens with two attached hydrogens (primary N) is 1. The van der Waals surface area contributed by atoms with Crippen molar-refractivity contribution in [3.8, 4) is 0 Å². The van der Waals surface area contributed by atoms with Crippen LogP contribution in [0.1, 0.15) is 16.7 Å². The Kier molecular flexibility index (Phi) is 3.66. The van der Waals surface area contributed by atoms with Gasteiger partial charge in [0.2, 0.25) is 0 Å². The molecule has 0 fully saturated rings. The van der Waals surface area contributed by atoms with E-state index in [1.54, 1.807) is 22.8 Å². The van der Waals surface area contributed by atoms with E-state index in [0.717, 1.165) is 22.0 Å². The van der Waals surface area contributed by atoms with Crippen LogP contribution in [0.25, 0.3) is 0 Å². The lowest BCUT2D eigenvalue weighted by molar-refractivity contribution is 0.685. The third-order valence-electron chi connectivity index (χ3n) is 2.68. The van der Waals surface area contributed by atoms with Gasteiger partial charge in [0, 0.05) is 18.4 Å². The van der Waals surface area contributed by atoms with E-state index in [4.69, 9.17) is 11.1 Å². The van der Waals surface area contributed by atoms with E-state index in [1.807, 2.05) is 32.2 Å². The van der Waals surface area contributed by atoms with Gasteiger partial charge in [0.25, 0.3) is 0 Å². The maximum Gasteiger partial charge on any atom is 0.186 e. The predicted octanol–water partition coefficient (Wildman–Crippen LogP) is 1.70. The van der Waals surface area contributed by atoms with E-state index in [9.17, 15) is 0 Å². The summed E-state index contributed by atoms with van der Waals surface area (Å²) in [5.41, 5.74) is 8.58. The van der Waals surface area contributed by atoms with Crippen molar-refractivity contribution < 1.29 is 0 Å². The Hall–Kier alpha value is -1.82. The fourth-order valence-corrected chi connectivity index (χ4v) is 2.55. The maximum atomic E-state index is 7.40. The zero-order valence-corrected chi connectivity index (χ0v) is 11.2. The van der Waals surface area contributed by atoms with E-state index in [1.165, 1.54) is 5.56 Å². The number of nitrogen functional groups attached to an aromatic ring is 1. The smallest absolute Gasteiger partial charge is 0.186 e. The molecule has 1 aromatic carbocycles. The van der Waals surface area contributed by atoms with Gasteiger partial charge in [0.05, 0.1) is 0 Å². The third kappa shape index (κ3) is 2.70. The van der Waals surface area contributed by atoms with E-state index in [2.05, 4.69) is 10.1 Å². The molecule has 0 aliphatic heterocycles. The second-order valence-corrected chi connectivity index (χ2v) is 4.95. The topological polar surface area (TPSA) is 80.6 Å². The first-order chi connectivity index (χ1) is 8.58. The van der Waals surface area contributed by atoms with Crippen molar-refractivity contribution in [2.75, 3.05) is 0 Å². The van der Waals surface area contributed by atoms with E-state index >= 15 is 0 Å². The maximum absolute atomic E-state index is 7.40. The average Bonchev–Trinajstić information content (AvgIpc) is 2.73. The van der Waals surface area contributed by atoms with Crippen LogP contribution in [0.4, 0.5) is 0 Å². The summed E-state index contributed by atoms with van der Waals surface area (Å²) in [6.45, 7) is 2.03. The van der Waals surface area contributed by atoms with Gasteiger partial charge in [-0.1, -0.05) is 23.9 Å². The van der Waals surface area contributed by atoms with Gasteiger partial charge in [-0.05, 0) is 24.1 Å². The highest BCUT2D eigenvalue weighted by molar-refractivity contribution is 7.98. The zero-order valence-electron chi connectivity index (χ0n) is 10.3. The molecule has 0 radical (unpaired) electrons. The number of benzene rings is 1. The van der Waals surface area contributed by atoms with Crippen molar-refractivity contribution >= 4 is 17.6 Å². The van der Waals surface area contributed by atoms with E-state index in [0.29, 0.717) is 0 Å². The number of hydrogen-bond donors (Lipinski definition) is 2. The van der Waals surface area contributed by atoms with Crippen LogP contribution >= 0.6 is 11.8 Å². The van der Waals surface area contributed by atoms with Crippen LogP contribution in [0.2, 0.25) is 0 Å². The second-order valence-electron chi connectivity index (χ2n) is 4.01. The van der Waals surface area contributed by atoms with Crippen LogP contribution in [0.3, 0.4) is 0 Å². The minimum absolute atomic E-state index is 0.102. The van der Waals surface area contributed by atoms with Gasteiger partial charge in [0.15, 0.2) is 5.16 Å². The Labute approximate surface area is 110 Å². The van der Waals surface area contributed by atoms with Crippen molar-refractivity contribution in [2.45, 2.75) is 17.8 Å². The van der Waals surface area contributed by atoms with Crippen LogP contribution in [0.5, 0.6) is 0 Å². The normalized spacial score (nSPS) is 10.6. The molecule has 1 aromatic heterocycles. The van der Waals surface area contributed by atoms with Gasteiger partial charge in [-0.25, -0.2) is 9.67 Å². The van der Waals surface area contributed by atoms with Crippen molar-refractivity contribution in [1.29, 1.82) is 5.41 Å². The molecule has 6 heteroatoms. The van der Waals surface area contributed by atoms with Crippen LogP contribution in [-0.4, -0.2) is 20.6 Å². The summed E-state index contributed by atoms with van der Waals surface area (Å²) >= 11 is 1.64. The molecule has 94 valence electrons. The highest BCUT2D eigenvalue weighted by atomic mass is 32.2. The quantitative estimate of drug-likeness (QED) is 0.498. The Morgan fingerprint density at radius 2 is 2.28 bits per heavy atom. The number of aryl methyl sites for hydroxylation is 2. The summed E-state index contributed by atoms with van der Waals surface area (Å²) in [5, 5.41) is 12.3. The molecule has 2 aromatic rings. The number of amidine groups is 1. The molecule has 18 heavy (non-hydrogen) atoms. The van der Waals surface area contributed by atoms with Gasteiger partial charge in [0.1, 0.15) is 12.2 Å². The summed E-state index contributed by atoms with van der Waals surface area (Å²) in [6, 6.07) is 5.83. The average molecular weight is 261 g/mol. The molecule has 0 unspecified atom stereocenters. The van der Waals surface area contributed by atoms with Crippen molar-refractivity contribution in [3.63, 3.8) is 0 Å². The van der Waals surface area contributed by atoms with Gasteiger partial charge in [-0.2, -0.15) is 5.10 Å². The first kappa shape index (κ1) is 12.6. The fraction of sp³-hybridized carbons (Fsp3) is 0.250. The molecule has 0 saturated heterocycles. The number of aromatic nitrogens is 3. The summed E-state index contributed by atoms with van der Waals surface area (Å²) in [4.78, 5) is 4.17. The van der Waals surface area contributed by atoms with Crippen molar-refractivity contribution in [1.82, 2.24) is 14.8 Å². The molecule has 0 spiro atoms. The fourth-order valence-electron chi connectivity index (χ4n) is 1.58. The SMILES string of the molecule is Cc1cc(C(=N)N)ccc1CSc1ncnn1C. The molecule has 0 atom stereocenters. The largest absolute Gasteiger partial charge is 0.384 e. The molecular formula is C12H15N5S. The molecule has 0 aliphatic carbocycles. The Bertz CT molecular complexity index is 576. The molecule has 5 nitrogen and oxygen atoms in total. The summed E-state index contributed by atoms with van der Waals surface area (Å²) < 4.78 is 1.75. The second kappa shape index (κ2) is 5.22. The lowest BCUT2D eigenvalue weighted by Crippen LogP contribution is -2.11. The molecule has 0 aliphatic rings. The van der Waals surface area contributed by atoms with E-state index < -0.39 is 0 Å². The molecule has 0 amide bonds. The molecular weight excluding hydrogens is 246 g/mol. The highest BCUT2D eigenvalue weighted by Gasteiger charge is 2.05. The molecule has 2 rings (SSSR count). The Balaban J connectivity index is 2.11. The monoisotopic (exact) mass is 261 g/mol. The van der Waals surface area contributed by atoms with Crippen molar-refractivity contribution in [2.24, 2.45) is 12.8 Å². The van der Waals surface area contributed by atoms with Gasteiger partial charge >= 0.3 is 0 Å². The Morgan fingerprint density at radius 3 is 2.83 bits per heavy atom. The summed E-state index contributed by atoms with van der Waals surface area (Å²) in [6.07, 6.45) is 1.55. The number of nitrogens with one attached hydrogen (secondary N) is 1. The van der Waals surface area contributed by atoms with Crippen molar-refractivity contribution in [3.05, 3.63) is 41.2 Å². The van der Waals surface area contributed by atoms with Crippen LogP contribution in [-0.2, 0) is 12.8 Å². The van der Waals surface area contributed by atoms with Gasteiger partial charge in [-0.15, -0.1) is 0 Å². The van der Waals surface area contributed by atoms with Gasteiger partial charge < -0.3 is 5.73 Å². The molecule has 0 bridgehead atoms. The first-order valence-electron chi connectivity index (χ1n) is 5.48. The zero-order chi connectivity index (χ0) is 13.1. The third-order valence-corrected chi connectivity index (χ3v) is 3.76. The predicted molar refractivity (Wildman–Crippen MR) is 72.8 cm³/mol. The molecule has 0 saturated carbocycles. The molecule has 3 N–H and O–H groups in total. The molecule has 1 heterocycles. The lowest BCUT2D eigenvalue weighted by atomic mass is 10.1. The minimum Gasteiger partial charge on any atom is -0.384 e. The number of rotatable bonds is 4. The van der Waals surface area contributed by atoms with E-state index in [-0.39, 0.29) is 5.84 Å². The first-order valence-corrected chi connectivity index (χ1v) is 6.47.